The second-order valence-corrected chi connectivity index (χ2v) is 4.29. The number of rotatable bonds is 3. The summed E-state index contributed by atoms with van der Waals surface area (Å²) in [5, 5.41) is 0.983. The lowest BCUT2D eigenvalue weighted by Crippen LogP contribution is -2.06. The number of hydrogen-bond donors (Lipinski definition) is 1. The molecule has 1 atom stereocenters. The van der Waals surface area contributed by atoms with Gasteiger partial charge in [0.1, 0.15) is 18.5 Å². The highest BCUT2D eigenvalue weighted by Gasteiger charge is 2.23. The van der Waals surface area contributed by atoms with E-state index in [0.29, 0.717) is 6.61 Å². The maximum Gasteiger partial charge on any atom is 0.248 e. The Hall–Kier alpha value is -1.81. The van der Waals surface area contributed by atoms with Gasteiger partial charge < -0.3 is 14.5 Å². The lowest BCUT2D eigenvalue weighted by atomic mass is 10.1. The van der Waals surface area contributed by atoms with E-state index in [2.05, 4.69) is 4.98 Å². The number of epoxide rings is 1. The summed E-state index contributed by atoms with van der Waals surface area (Å²) < 4.78 is 10.7. The van der Waals surface area contributed by atoms with Gasteiger partial charge in [-0.1, -0.05) is 0 Å². The van der Waals surface area contributed by atoms with Gasteiger partial charge in [0.15, 0.2) is 0 Å². The van der Waals surface area contributed by atoms with Crippen LogP contribution in [0, 0.1) is 6.92 Å². The SMILES string of the molecule is Cc1cc(OCC2CO2)cc2ccc(=O)[nH]c12. The average Bonchev–Trinajstić information content (AvgIpc) is 3.11. The van der Waals surface area contributed by atoms with Gasteiger partial charge in [0.25, 0.3) is 0 Å². The van der Waals surface area contributed by atoms with Crippen LogP contribution in [0.4, 0.5) is 0 Å². The van der Waals surface area contributed by atoms with Crippen LogP contribution in [0.1, 0.15) is 5.56 Å². The van der Waals surface area contributed by atoms with Crippen molar-refractivity contribution in [2.24, 2.45) is 0 Å². The van der Waals surface area contributed by atoms with Crippen LogP contribution in [0.5, 0.6) is 5.75 Å². The van der Waals surface area contributed by atoms with E-state index in [1.165, 1.54) is 6.07 Å². The van der Waals surface area contributed by atoms with Crippen molar-refractivity contribution < 1.29 is 9.47 Å². The summed E-state index contributed by atoms with van der Waals surface area (Å²) in [4.78, 5) is 14.1. The van der Waals surface area contributed by atoms with Gasteiger partial charge in [-0.3, -0.25) is 4.79 Å². The molecule has 0 aliphatic carbocycles. The van der Waals surface area contributed by atoms with Gasteiger partial charge in [-0.25, -0.2) is 0 Å². The van der Waals surface area contributed by atoms with E-state index in [-0.39, 0.29) is 11.7 Å². The molecular formula is C13H13NO3. The van der Waals surface area contributed by atoms with Gasteiger partial charge in [-0.2, -0.15) is 0 Å². The molecule has 0 saturated carbocycles. The number of benzene rings is 1. The van der Waals surface area contributed by atoms with Gasteiger partial charge >= 0.3 is 0 Å². The van der Waals surface area contributed by atoms with Crippen LogP contribution < -0.4 is 10.3 Å². The Kier molecular flexibility index (Phi) is 2.37. The molecule has 3 rings (SSSR count). The van der Waals surface area contributed by atoms with Gasteiger partial charge in [-0.05, 0) is 30.7 Å². The van der Waals surface area contributed by atoms with Gasteiger partial charge in [0, 0.05) is 11.5 Å². The van der Waals surface area contributed by atoms with Crippen LogP contribution in [0.2, 0.25) is 0 Å². The van der Waals surface area contributed by atoms with E-state index in [1.807, 2.05) is 25.1 Å². The van der Waals surface area contributed by atoms with Gasteiger partial charge in [0.2, 0.25) is 5.56 Å². The second kappa shape index (κ2) is 3.89. The highest BCUT2D eigenvalue weighted by molar-refractivity contribution is 5.83. The standard InChI is InChI=1S/C13H13NO3/c1-8-4-10(16-6-11-7-17-11)5-9-2-3-12(15)14-13(8)9/h2-5,11H,6-7H2,1H3,(H,14,15). The molecule has 1 aliphatic rings. The van der Waals surface area contributed by atoms with E-state index < -0.39 is 0 Å². The predicted octanol–water partition coefficient (Wildman–Crippen LogP) is 1.61. The molecule has 0 radical (unpaired) electrons. The normalized spacial score (nSPS) is 18.3. The summed E-state index contributed by atoms with van der Waals surface area (Å²) in [6.45, 7) is 3.34. The number of hydrogen-bond acceptors (Lipinski definition) is 3. The maximum atomic E-state index is 11.2. The molecular weight excluding hydrogens is 218 g/mol. The van der Waals surface area contributed by atoms with Crippen LogP contribution in [0.25, 0.3) is 10.9 Å². The highest BCUT2D eigenvalue weighted by atomic mass is 16.6. The Morgan fingerprint density at radius 3 is 3.06 bits per heavy atom. The third kappa shape index (κ3) is 2.17. The van der Waals surface area contributed by atoms with E-state index in [4.69, 9.17) is 9.47 Å². The number of aromatic nitrogens is 1. The third-order valence-corrected chi connectivity index (χ3v) is 2.84. The molecule has 1 N–H and O–H groups in total. The van der Waals surface area contributed by atoms with E-state index in [1.54, 1.807) is 0 Å². The molecule has 17 heavy (non-hydrogen) atoms. The Balaban J connectivity index is 1.97. The first-order valence-corrected chi connectivity index (χ1v) is 5.60. The molecule has 1 aromatic heterocycles. The van der Waals surface area contributed by atoms with Crippen molar-refractivity contribution >= 4 is 10.9 Å². The predicted molar refractivity (Wildman–Crippen MR) is 64.5 cm³/mol. The minimum absolute atomic E-state index is 0.0827. The molecule has 0 amide bonds. The Morgan fingerprint density at radius 1 is 1.47 bits per heavy atom. The molecule has 0 spiro atoms. The lowest BCUT2D eigenvalue weighted by molar-refractivity contribution is 0.263. The minimum atomic E-state index is -0.0827. The van der Waals surface area contributed by atoms with Crippen LogP contribution in [-0.4, -0.2) is 24.3 Å². The fourth-order valence-corrected chi connectivity index (χ4v) is 1.85. The Labute approximate surface area is 98.2 Å². The molecule has 1 fully saturated rings. The fourth-order valence-electron chi connectivity index (χ4n) is 1.85. The molecule has 2 heterocycles. The largest absolute Gasteiger partial charge is 0.491 e. The van der Waals surface area contributed by atoms with Crippen LogP contribution in [0.3, 0.4) is 0 Å². The zero-order valence-corrected chi connectivity index (χ0v) is 9.53. The summed E-state index contributed by atoms with van der Waals surface area (Å²) >= 11 is 0. The summed E-state index contributed by atoms with van der Waals surface area (Å²) in [5.74, 6) is 0.817. The number of H-pyrrole nitrogens is 1. The molecule has 2 aromatic rings. The summed E-state index contributed by atoms with van der Waals surface area (Å²) in [6.07, 6.45) is 0.251. The number of fused-ring (bicyclic) bond motifs is 1. The van der Waals surface area contributed by atoms with E-state index >= 15 is 0 Å². The van der Waals surface area contributed by atoms with Crippen LogP contribution in [0.15, 0.2) is 29.1 Å². The van der Waals surface area contributed by atoms with Crippen molar-refractivity contribution in [3.05, 3.63) is 40.2 Å². The lowest BCUT2D eigenvalue weighted by Gasteiger charge is -2.08. The van der Waals surface area contributed by atoms with Crippen molar-refractivity contribution in [2.45, 2.75) is 13.0 Å². The molecule has 4 heteroatoms. The molecule has 4 nitrogen and oxygen atoms in total. The smallest absolute Gasteiger partial charge is 0.248 e. The number of pyridine rings is 1. The van der Waals surface area contributed by atoms with Gasteiger partial charge in [-0.15, -0.1) is 0 Å². The molecule has 1 aliphatic heterocycles. The molecule has 88 valence electrons. The highest BCUT2D eigenvalue weighted by Crippen LogP contribution is 2.23. The van der Waals surface area contributed by atoms with E-state index in [9.17, 15) is 4.79 Å². The molecule has 1 aromatic carbocycles. The number of nitrogens with one attached hydrogen (secondary N) is 1. The number of aryl methyl sites for hydroxylation is 1. The van der Waals surface area contributed by atoms with Crippen molar-refractivity contribution in [1.29, 1.82) is 0 Å². The second-order valence-electron chi connectivity index (χ2n) is 4.29. The first kappa shape index (κ1) is 10.4. The topological polar surface area (TPSA) is 54.6 Å². The first-order chi connectivity index (χ1) is 8.22. The Morgan fingerprint density at radius 2 is 2.29 bits per heavy atom. The maximum absolute atomic E-state index is 11.2. The summed E-state index contributed by atoms with van der Waals surface area (Å²) in [5.41, 5.74) is 1.79. The number of aromatic amines is 1. The quantitative estimate of drug-likeness (QED) is 0.816. The molecule has 1 saturated heterocycles. The van der Waals surface area contributed by atoms with Gasteiger partial charge in [0.05, 0.1) is 12.1 Å². The van der Waals surface area contributed by atoms with Crippen molar-refractivity contribution in [3.63, 3.8) is 0 Å². The summed E-state index contributed by atoms with van der Waals surface area (Å²) in [7, 11) is 0. The van der Waals surface area contributed by atoms with Crippen molar-refractivity contribution in [3.8, 4) is 5.75 Å². The first-order valence-electron chi connectivity index (χ1n) is 5.60. The van der Waals surface area contributed by atoms with Crippen LogP contribution in [-0.2, 0) is 4.74 Å². The summed E-state index contributed by atoms with van der Waals surface area (Å²) in [6, 6.07) is 7.19. The zero-order chi connectivity index (χ0) is 11.8. The Bertz CT molecular complexity index is 614. The minimum Gasteiger partial charge on any atom is -0.491 e. The van der Waals surface area contributed by atoms with Crippen molar-refractivity contribution in [2.75, 3.05) is 13.2 Å². The zero-order valence-electron chi connectivity index (χ0n) is 9.53. The molecule has 0 bridgehead atoms. The van der Waals surface area contributed by atoms with Crippen LogP contribution >= 0.6 is 0 Å². The monoisotopic (exact) mass is 231 g/mol. The average molecular weight is 231 g/mol. The number of ether oxygens (including phenoxy) is 2. The third-order valence-electron chi connectivity index (χ3n) is 2.84. The van der Waals surface area contributed by atoms with E-state index in [0.717, 1.165) is 28.8 Å². The van der Waals surface area contributed by atoms with Crippen molar-refractivity contribution in [1.82, 2.24) is 4.98 Å². The molecule has 1 unspecified atom stereocenters. The fraction of sp³-hybridized carbons (Fsp3) is 0.308.